The van der Waals surface area contributed by atoms with Gasteiger partial charge < -0.3 is 10.2 Å². The SMILES string of the molecule is O=C(NCc1csc(-c2ccccc2)n1)C1CSCN1C(=O)c1ccccc1Br. The van der Waals surface area contributed by atoms with E-state index in [1.165, 1.54) is 0 Å². The summed E-state index contributed by atoms with van der Waals surface area (Å²) < 4.78 is 0.733. The van der Waals surface area contributed by atoms with Gasteiger partial charge in [-0.1, -0.05) is 42.5 Å². The van der Waals surface area contributed by atoms with E-state index in [0.717, 1.165) is 20.7 Å². The van der Waals surface area contributed by atoms with Crippen LogP contribution in [0.3, 0.4) is 0 Å². The summed E-state index contributed by atoms with van der Waals surface area (Å²) in [6.45, 7) is 0.348. The lowest BCUT2D eigenvalue weighted by Gasteiger charge is -2.23. The molecule has 1 saturated heterocycles. The van der Waals surface area contributed by atoms with E-state index in [4.69, 9.17) is 0 Å². The second kappa shape index (κ2) is 9.11. The summed E-state index contributed by atoms with van der Waals surface area (Å²) in [4.78, 5) is 31.9. The summed E-state index contributed by atoms with van der Waals surface area (Å²) in [7, 11) is 0. The number of amides is 2. The number of nitrogens with zero attached hydrogens (tertiary/aromatic N) is 2. The number of thiazole rings is 1. The topological polar surface area (TPSA) is 62.3 Å². The maximum atomic E-state index is 12.9. The van der Waals surface area contributed by atoms with Crippen LogP contribution in [0.4, 0.5) is 0 Å². The van der Waals surface area contributed by atoms with E-state index in [9.17, 15) is 9.59 Å². The third kappa shape index (κ3) is 4.55. The molecule has 2 heterocycles. The van der Waals surface area contributed by atoms with Crippen molar-refractivity contribution in [2.75, 3.05) is 11.6 Å². The zero-order valence-electron chi connectivity index (χ0n) is 15.4. The van der Waals surface area contributed by atoms with Crippen LogP contribution in [-0.4, -0.2) is 39.4 Å². The molecule has 2 amide bonds. The van der Waals surface area contributed by atoms with E-state index in [0.29, 0.717) is 23.7 Å². The second-order valence-electron chi connectivity index (χ2n) is 6.50. The minimum atomic E-state index is -0.480. The lowest BCUT2D eigenvalue weighted by atomic mass is 10.1. The van der Waals surface area contributed by atoms with Gasteiger partial charge in [-0.05, 0) is 28.1 Å². The molecule has 0 spiro atoms. The minimum Gasteiger partial charge on any atom is -0.349 e. The van der Waals surface area contributed by atoms with Gasteiger partial charge >= 0.3 is 0 Å². The van der Waals surface area contributed by atoms with Crippen LogP contribution >= 0.6 is 39.0 Å². The number of aromatic nitrogens is 1. The van der Waals surface area contributed by atoms with E-state index < -0.39 is 6.04 Å². The van der Waals surface area contributed by atoms with Gasteiger partial charge in [0.1, 0.15) is 11.0 Å². The van der Waals surface area contributed by atoms with E-state index in [1.807, 2.05) is 53.9 Å². The molecule has 0 aliphatic carbocycles. The standard InChI is InChI=1S/C21H18BrN3O2S2/c22-17-9-5-4-8-16(17)21(27)25-13-28-12-18(25)19(26)23-10-15-11-29-20(24-15)14-6-2-1-3-7-14/h1-9,11,18H,10,12-13H2,(H,23,26). The molecule has 5 nitrogen and oxygen atoms in total. The molecule has 1 aromatic heterocycles. The Morgan fingerprint density at radius 1 is 1.14 bits per heavy atom. The highest BCUT2D eigenvalue weighted by molar-refractivity contribution is 9.10. The Labute approximate surface area is 185 Å². The van der Waals surface area contributed by atoms with E-state index in [-0.39, 0.29) is 11.8 Å². The van der Waals surface area contributed by atoms with Crippen LogP contribution in [0.5, 0.6) is 0 Å². The lowest BCUT2D eigenvalue weighted by Crippen LogP contribution is -2.47. The molecule has 2 aromatic carbocycles. The number of rotatable bonds is 5. The van der Waals surface area contributed by atoms with Crippen molar-refractivity contribution < 1.29 is 9.59 Å². The Balaban J connectivity index is 1.40. The molecule has 0 bridgehead atoms. The number of carbonyl (C=O) groups is 2. The molecule has 0 saturated carbocycles. The fourth-order valence-electron chi connectivity index (χ4n) is 3.05. The summed E-state index contributed by atoms with van der Waals surface area (Å²) in [5.41, 5.74) is 2.45. The van der Waals surface area contributed by atoms with Crippen LogP contribution < -0.4 is 5.32 Å². The summed E-state index contributed by atoms with van der Waals surface area (Å²) in [6.07, 6.45) is 0. The number of benzene rings is 2. The highest BCUT2D eigenvalue weighted by Crippen LogP contribution is 2.27. The smallest absolute Gasteiger partial charge is 0.256 e. The van der Waals surface area contributed by atoms with Gasteiger partial charge in [0.2, 0.25) is 5.91 Å². The normalized spacial score (nSPS) is 16.0. The average molecular weight is 488 g/mol. The molecule has 29 heavy (non-hydrogen) atoms. The molecule has 8 heteroatoms. The van der Waals surface area contributed by atoms with Crippen LogP contribution in [0.2, 0.25) is 0 Å². The Hall–Kier alpha value is -2.16. The largest absolute Gasteiger partial charge is 0.349 e. The first-order valence-corrected chi connectivity index (χ1v) is 11.9. The summed E-state index contributed by atoms with van der Waals surface area (Å²) in [5.74, 6) is 0.814. The minimum absolute atomic E-state index is 0.136. The highest BCUT2D eigenvalue weighted by atomic mass is 79.9. The molecule has 4 rings (SSSR count). The Kier molecular flexibility index (Phi) is 6.32. The van der Waals surface area contributed by atoms with E-state index >= 15 is 0 Å². The quantitative estimate of drug-likeness (QED) is 0.578. The predicted octanol–water partition coefficient (Wildman–Crippen LogP) is 4.40. The van der Waals surface area contributed by atoms with Crippen molar-refractivity contribution in [2.45, 2.75) is 12.6 Å². The van der Waals surface area contributed by atoms with E-state index in [2.05, 4.69) is 26.2 Å². The van der Waals surface area contributed by atoms with Crippen LogP contribution in [0.15, 0.2) is 64.5 Å². The average Bonchev–Trinajstić information content (AvgIpc) is 3.42. The van der Waals surface area contributed by atoms with Gasteiger partial charge in [0.15, 0.2) is 0 Å². The fraction of sp³-hybridized carbons (Fsp3) is 0.190. The first-order chi connectivity index (χ1) is 14.1. The van der Waals surface area contributed by atoms with Crippen molar-refractivity contribution in [3.8, 4) is 10.6 Å². The van der Waals surface area contributed by atoms with Gasteiger partial charge in [0, 0.05) is 21.2 Å². The first kappa shape index (κ1) is 20.1. The maximum absolute atomic E-state index is 12.9. The molecule has 1 aliphatic heterocycles. The van der Waals surface area contributed by atoms with Crippen molar-refractivity contribution in [1.82, 2.24) is 15.2 Å². The molecule has 148 valence electrons. The van der Waals surface area contributed by atoms with Crippen molar-refractivity contribution in [3.05, 3.63) is 75.7 Å². The summed E-state index contributed by atoms with van der Waals surface area (Å²) in [5, 5.41) is 5.83. The van der Waals surface area contributed by atoms with Crippen LogP contribution in [0.1, 0.15) is 16.1 Å². The number of halogens is 1. The molecule has 3 aromatic rings. The maximum Gasteiger partial charge on any atom is 0.256 e. The zero-order valence-corrected chi connectivity index (χ0v) is 18.6. The van der Waals surface area contributed by atoms with Gasteiger partial charge in [0.25, 0.3) is 5.91 Å². The van der Waals surface area contributed by atoms with Gasteiger partial charge in [-0.25, -0.2) is 4.98 Å². The molecular formula is C21H18BrN3O2S2. The van der Waals surface area contributed by atoms with Crippen molar-refractivity contribution in [1.29, 1.82) is 0 Å². The van der Waals surface area contributed by atoms with Crippen LogP contribution in [0.25, 0.3) is 10.6 Å². The Bertz CT molecular complexity index is 1030. The monoisotopic (exact) mass is 487 g/mol. The Morgan fingerprint density at radius 2 is 1.90 bits per heavy atom. The summed E-state index contributed by atoms with van der Waals surface area (Å²) in [6, 6.07) is 16.8. The fourth-order valence-corrected chi connectivity index (χ4v) is 5.48. The van der Waals surface area contributed by atoms with Crippen LogP contribution in [0, 0.1) is 0 Å². The molecule has 1 unspecified atom stereocenters. The van der Waals surface area contributed by atoms with Gasteiger partial charge in [-0.2, -0.15) is 0 Å². The lowest BCUT2D eigenvalue weighted by molar-refractivity contribution is -0.124. The number of nitrogens with one attached hydrogen (secondary N) is 1. The van der Waals surface area contributed by atoms with Gasteiger partial charge in [0.05, 0.1) is 23.7 Å². The second-order valence-corrected chi connectivity index (χ2v) is 9.21. The number of hydrogen-bond donors (Lipinski definition) is 1. The Morgan fingerprint density at radius 3 is 2.69 bits per heavy atom. The molecule has 1 atom stereocenters. The number of hydrogen-bond acceptors (Lipinski definition) is 5. The predicted molar refractivity (Wildman–Crippen MR) is 121 cm³/mol. The molecule has 1 fully saturated rings. The molecule has 1 N–H and O–H groups in total. The van der Waals surface area contributed by atoms with Crippen molar-refractivity contribution in [2.24, 2.45) is 0 Å². The molecule has 0 radical (unpaired) electrons. The third-order valence-corrected chi connectivity index (χ3v) is 7.21. The number of carbonyl (C=O) groups excluding carboxylic acids is 2. The highest BCUT2D eigenvalue weighted by Gasteiger charge is 2.35. The van der Waals surface area contributed by atoms with E-state index in [1.54, 1.807) is 34.1 Å². The third-order valence-electron chi connectivity index (χ3n) is 4.57. The zero-order chi connectivity index (χ0) is 20.2. The summed E-state index contributed by atoms with van der Waals surface area (Å²) >= 11 is 6.56. The first-order valence-electron chi connectivity index (χ1n) is 9.04. The van der Waals surface area contributed by atoms with Gasteiger partial charge in [-0.15, -0.1) is 23.1 Å². The molecule has 1 aliphatic rings. The van der Waals surface area contributed by atoms with Crippen molar-refractivity contribution >= 4 is 50.8 Å². The van der Waals surface area contributed by atoms with Crippen molar-refractivity contribution in [3.63, 3.8) is 0 Å². The number of thioether (sulfide) groups is 1. The van der Waals surface area contributed by atoms with Crippen LogP contribution in [-0.2, 0) is 11.3 Å². The molecular weight excluding hydrogens is 470 g/mol. The van der Waals surface area contributed by atoms with Gasteiger partial charge in [-0.3, -0.25) is 9.59 Å².